The molecular weight excluding hydrogens is 289 g/mol. The van der Waals surface area contributed by atoms with Crippen molar-refractivity contribution in [3.8, 4) is 0 Å². The van der Waals surface area contributed by atoms with Crippen LogP contribution in [-0.4, -0.2) is 40.1 Å². The van der Waals surface area contributed by atoms with Crippen LogP contribution in [0.25, 0.3) is 0 Å². The number of halogens is 2. The molecule has 1 heterocycles. The van der Waals surface area contributed by atoms with E-state index in [1.165, 1.54) is 6.07 Å². The van der Waals surface area contributed by atoms with Gasteiger partial charge in [0.15, 0.2) is 0 Å². The fourth-order valence-electron chi connectivity index (χ4n) is 2.18. The van der Waals surface area contributed by atoms with Crippen LogP contribution in [0.5, 0.6) is 0 Å². The number of thioether (sulfide) groups is 1. The van der Waals surface area contributed by atoms with Gasteiger partial charge in [0.2, 0.25) is 0 Å². The topological polar surface area (TPSA) is 40.5 Å². The second-order valence-corrected chi connectivity index (χ2v) is 6.07. The van der Waals surface area contributed by atoms with Gasteiger partial charge < -0.3 is 5.11 Å². The predicted octanol–water partition coefficient (Wildman–Crippen LogP) is 2.87. The van der Waals surface area contributed by atoms with Crippen molar-refractivity contribution in [1.82, 2.24) is 4.90 Å². The van der Waals surface area contributed by atoms with Crippen LogP contribution in [0.3, 0.4) is 0 Å². The SMILES string of the molecule is O=C(O)CC1CSCCN1Cc1cccc(Cl)c1F. The summed E-state index contributed by atoms with van der Waals surface area (Å²) in [5, 5.41) is 9.03. The third kappa shape index (κ3) is 3.84. The van der Waals surface area contributed by atoms with Gasteiger partial charge in [0, 0.05) is 36.2 Å². The van der Waals surface area contributed by atoms with Gasteiger partial charge in [-0.3, -0.25) is 9.69 Å². The Morgan fingerprint density at radius 2 is 2.37 bits per heavy atom. The Balaban J connectivity index is 2.10. The molecule has 1 fully saturated rings. The highest BCUT2D eigenvalue weighted by atomic mass is 35.5. The number of benzene rings is 1. The van der Waals surface area contributed by atoms with Gasteiger partial charge in [0.05, 0.1) is 11.4 Å². The van der Waals surface area contributed by atoms with Crippen molar-refractivity contribution < 1.29 is 14.3 Å². The lowest BCUT2D eigenvalue weighted by molar-refractivity contribution is -0.138. The lowest BCUT2D eigenvalue weighted by atomic mass is 10.1. The van der Waals surface area contributed by atoms with Crippen molar-refractivity contribution in [3.63, 3.8) is 0 Å². The molecule has 1 unspecified atom stereocenters. The molecule has 1 saturated heterocycles. The number of hydrogen-bond donors (Lipinski definition) is 1. The number of rotatable bonds is 4. The number of carboxylic acids is 1. The highest BCUT2D eigenvalue weighted by Crippen LogP contribution is 2.24. The van der Waals surface area contributed by atoms with Crippen molar-refractivity contribution >= 4 is 29.3 Å². The molecule has 6 heteroatoms. The molecule has 1 aliphatic heterocycles. The van der Waals surface area contributed by atoms with Gasteiger partial charge in [0.25, 0.3) is 0 Å². The fraction of sp³-hybridized carbons (Fsp3) is 0.462. The van der Waals surface area contributed by atoms with Crippen LogP contribution in [-0.2, 0) is 11.3 Å². The third-order valence-corrected chi connectivity index (χ3v) is 4.55. The molecule has 1 atom stereocenters. The van der Waals surface area contributed by atoms with Gasteiger partial charge in [-0.1, -0.05) is 23.7 Å². The number of carbonyl (C=O) groups is 1. The second kappa shape index (κ2) is 6.59. The number of hydrogen-bond acceptors (Lipinski definition) is 3. The molecule has 0 bridgehead atoms. The minimum Gasteiger partial charge on any atom is -0.481 e. The normalized spacial score (nSPS) is 20.4. The first kappa shape index (κ1) is 14.6. The Bertz CT molecular complexity index is 472. The molecule has 104 valence electrons. The van der Waals surface area contributed by atoms with Crippen LogP contribution in [0.1, 0.15) is 12.0 Å². The van der Waals surface area contributed by atoms with Crippen molar-refractivity contribution in [2.75, 3.05) is 18.1 Å². The highest BCUT2D eigenvalue weighted by molar-refractivity contribution is 7.99. The van der Waals surface area contributed by atoms with E-state index in [0.717, 1.165) is 18.1 Å². The van der Waals surface area contributed by atoms with Gasteiger partial charge in [-0.25, -0.2) is 4.39 Å². The van der Waals surface area contributed by atoms with Gasteiger partial charge in [-0.15, -0.1) is 0 Å². The summed E-state index contributed by atoms with van der Waals surface area (Å²) >= 11 is 7.50. The lowest BCUT2D eigenvalue weighted by Gasteiger charge is -2.34. The molecule has 2 rings (SSSR count). The van der Waals surface area contributed by atoms with Gasteiger partial charge in [-0.05, 0) is 6.07 Å². The molecule has 0 aliphatic carbocycles. The van der Waals surface area contributed by atoms with Crippen molar-refractivity contribution in [2.24, 2.45) is 0 Å². The number of carboxylic acid groups (broad SMARTS) is 1. The average Bonchev–Trinajstić information content (AvgIpc) is 2.36. The highest BCUT2D eigenvalue weighted by Gasteiger charge is 2.25. The van der Waals surface area contributed by atoms with Crippen LogP contribution >= 0.6 is 23.4 Å². The monoisotopic (exact) mass is 303 g/mol. The summed E-state index contributed by atoms with van der Waals surface area (Å²) in [6.45, 7) is 1.18. The summed E-state index contributed by atoms with van der Waals surface area (Å²) in [5.74, 6) is 0.493. The molecule has 3 nitrogen and oxygen atoms in total. The summed E-state index contributed by atoms with van der Waals surface area (Å²) in [7, 11) is 0. The Morgan fingerprint density at radius 3 is 3.11 bits per heavy atom. The third-order valence-electron chi connectivity index (χ3n) is 3.16. The van der Waals surface area contributed by atoms with E-state index in [9.17, 15) is 9.18 Å². The van der Waals surface area contributed by atoms with E-state index in [4.69, 9.17) is 16.7 Å². The van der Waals surface area contributed by atoms with Gasteiger partial charge in [0.1, 0.15) is 5.82 Å². The van der Waals surface area contributed by atoms with Gasteiger partial charge >= 0.3 is 5.97 Å². The maximum atomic E-state index is 13.9. The molecule has 1 aliphatic rings. The van der Waals surface area contributed by atoms with E-state index >= 15 is 0 Å². The maximum Gasteiger partial charge on any atom is 0.304 e. The Kier molecular flexibility index (Phi) is 5.07. The Morgan fingerprint density at radius 1 is 1.58 bits per heavy atom. The van der Waals surface area contributed by atoms with E-state index in [1.807, 2.05) is 4.90 Å². The maximum absolute atomic E-state index is 13.9. The Hall–Kier alpha value is -0.780. The van der Waals surface area contributed by atoms with Crippen molar-refractivity contribution in [2.45, 2.75) is 19.0 Å². The van der Waals surface area contributed by atoms with Crippen LogP contribution in [0.4, 0.5) is 4.39 Å². The first-order chi connectivity index (χ1) is 9.08. The van der Waals surface area contributed by atoms with Crippen LogP contribution < -0.4 is 0 Å². The minimum atomic E-state index is -0.816. The molecule has 0 amide bonds. The first-order valence-corrected chi connectivity index (χ1v) is 7.57. The first-order valence-electron chi connectivity index (χ1n) is 6.04. The zero-order valence-electron chi connectivity index (χ0n) is 10.3. The lowest BCUT2D eigenvalue weighted by Crippen LogP contribution is -2.43. The Labute approximate surface area is 120 Å². The number of nitrogens with zero attached hydrogens (tertiary/aromatic N) is 1. The zero-order chi connectivity index (χ0) is 13.8. The standard InChI is InChI=1S/C13H15ClFNO2S/c14-11-3-1-2-9(13(11)15)7-16-4-5-19-8-10(16)6-12(17)18/h1-3,10H,4-8H2,(H,17,18). The zero-order valence-corrected chi connectivity index (χ0v) is 11.9. The molecule has 0 saturated carbocycles. The number of aliphatic carboxylic acids is 1. The summed E-state index contributed by atoms with van der Waals surface area (Å²) in [6, 6.07) is 4.88. The molecular formula is C13H15ClFNO2S. The van der Waals surface area contributed by atoms with E-state index in [-0.39, 0.29) is 17.5 Å². The molecule has 0 spiro atoms. The summed E-state index contributed by atoms with van der Waals surface area (Å²) in [4.78, 5) is 12.9. The second-order valence-electron chi connectivity index (χ2n) is 4.51. The van der Waals surface area contributed by atoms with Crippen LogP contribution in [0, 0.1) is 5.82 Å². The quantitative estimate of drug-likeness (QED) is 0.928. The predicted molar refractivity (Wildman–Crippen MR) is 75.2 cm³/mol. The van der Waals surface area contributed by atoms with E-state index in [2.05, 4.69) is 0 Å². The molecule has 1 N–H and O–H groups in total. The van der Waals surface area contributed by atoms with Crippen molar-refractivity contribution in [3.05, 3.63) is 34.6 Å². The molecule has 0 radical (unpaired) electrons. The fourth-order valence-corrected chi connectivity index (χ4v) is 3.50. The summed E-state index contributed by atoms with van der Waals surface area (Å²) in [6.07, 6.45) is 0.0924. The van der Waals surface area contributed by atoms with Crippen molar-refractivity contribution in [1.29, 1.82) is 0 Å². The average molecular weight is 304 g/mol. The molecule has 1 aromatic carbocycles. The van der Waals surface area contributed by atoms with Crippen LogP contribution in [0.2, 0.25) is 5.02 Å². The van der Waals surface area contributed by atoms with E-state index < -0.39 is 11.8 Å². The molecule has 1 aromatic rings. The van der Waals surface area contributed by atoms with Crippen LogP contribution in [0.15, 0.2) is 18.2 Å². The summed E-state index contributed by atoms with van der Waals surface area (Å²) in [5.41, 5.74) is 0.523. The molecule has 19 heavy (non-hydrogen) atoms. The van der Waals surface area contributed by atoms with E-state index in [0.29, 0.717) is 12.1 Å². The van der Waals surface area contributed by atoms with E-state index in [1.54, 1.807) is 23.9 Å². The molecule has 0 aromatic heterocycles. The smallest absolute Gasteiger partial charge is 0.304 e. The van der Waals surface area contributed by atoms with Gasteiger partial charge in [-0.2, -0.15) is 11.8 Å². The largest absolute Gasteiger partial charge is 0.481 e. The minimum absolute atomic E-state index is 0.0466. The summed E-state index contributed by atoms with van der Waals surface area (Å²) < 4.78 is 13.9.